The van der Waals surface area contributed by atoms with E-state index >= 15 is 0 Å². The second-order valence-electron chi connectivity index (χ2n) is 8.64. The van der Waals surface area contributed by atoms with E-state index in [1.54, 1.807) is 63.8 Å². The van der Waals surface area contributed by atoms with Gasteiger partial charge in [0.15, 0.2) is 40.3 Å². The Bertz CT molecular complexity index is 1360. The van der Waals surface area contributed by atoms with Crippen LogP contribution in [-0.2, 0) is 12.8 Å². The van der Waals surface area contributed by atoms with Crippen molar-refractivity contribution >= 4 is 33.3 Å². The lowest BCUT2D eigenvalue weighted by molar-refractivity contribution is 0.0821. The Morgan fingerprint density at radius 1 is 0.730 bits per heavy atom. The molecule has 192 valence electrons. The number of methoxy groups -OCH3 is 4. The highest BCUT2D eigenvalue weighted by molar-refractivity contribution is 9.10. The lowest BCUT2D eigenvalue weighted by atomic mass is 9.94. The molecule has 8 heteroatoms. The molecule has 0 saturated carbocycles. The summed E-state index contributed by atoms with van der Waals surface area (Å²) in [5, 5.41) is 0. The summed E-state index contributed by atoms with van der Waals surface area (Å²) in [6.07, 6.45) is 1.81. The Labute approximate surface area is 223 Å². The molecule has 0 bridgehead atoms. The summed E-state index contributed by atoms with van der Waals surface area (Å²) < 4.78 is 21.7. The first-order chi connectivity index (χ1) is 17.8. The highest BCUT2D eigenvalue weighted by Crippen LogP contribution is 2.38. The Kier molecular flexibility index (Phi) is 7.97. The molecule has 0 heterocycles. The predicted octanol–water partition coefficient (Wildman–Crippen LogP) is 5.54. The van der Waals surface area contributed by atoms with Crippen molar-refractivity contribution in [3.05, 3.63) is 80.8 Å². The van der Waals surface area contributed by atoms with E-state index in [0.717, 1.165) is 27.6 Å². The fraction of sp³-hybridized carbons (Fsp3) is 0.276. The van der Waals surface area contributed by atoms with E-state index in [-0.39, 0.29) is 17.3 Å². The van der Waals surface area contributed by atoms with Gasteiger partial charge in [0.25, 0.3) is 0 Å². The Morgan fingerprint density at radius 2 is 1.24 bits per heavy atom. The fourth-order valence-electron chi connectivity index (χ4n) is 4.62. The molecule has 5 rings (SSSR count). The molecular formula is C29H27BrO7. The number of ketones is 3. The van der Waals surface area contributed by atoms with Crippen molar-refractivity contribution in [2.24, 2.45) is 5.92 Å². The molecule has 3 aromatic rings. The van der Waals surface area contributed by atoms with E-state index in [4.69, 9.17) is 18.9 Å². The third kappa shape index (κ3) is 5.25. The van der Waals surface area contributed by atoms with Crippen molar-refractivity contribution < 1.29 is 33.3 Å². The third-order valence-electron chi connectivity index (χ3n) is 6.59. The molecule has 2 aliphatic carbocycles. The van der Waals surface area contributed by atoms with Gasteiger partial charge in [-0.15, -0.1) is 0 Å². The van der Waals surface area contributed by atoms with Crippen LogP contribution < -0.4 is 18.9 Å². The number of fused-ring (bicyclic) bond motifs is 2. The topological polar surface area (TPSA) is 88.1 Å². The van der Waals surface area contributed by atoms with Crippen LogP contribution in [0.2, 0.25) is 0 Å². The molecule has 2 aliphatic rings. The second-order valence-corrected chi connectivity index (χ2v) is 9.56. The van der Waals surface area contributed by atoms with Crippen molar-refractivity contribution in [3.63, 3.8) is 0 Å². The summed E-state index contributed by atoms with van der Waals surface area (Å²) >= 11 is 3.34. The quantitative estimate of drug-likeness (QED) is 0.286. The van der Waals surface area contributed by atoms with Gasteiger partial charge in [-0.2, -0.15) is 0 Å². The van der Waals surface area contributed by atoms with E-state index in [9.17, 15) is 14.4 Å². The maximum Gasteiger partial charge on any atom is 0.174 e. The highest BCUT2D eigenvalue weighted by Gasteiger charge is 2.37. The molecule has 0 spiro atoms. The van der Waals surface area contributed by atoms with Crippen molar-refractivity contribution in [3.8, 4) is 23.0 Å². The molecule has 7 nitrogen and oxygen atoms in total. The number of hydrogen-bond acceptors (Lipinski definition) is 7. The van der Waals surface area contributed by atoms with Crippen LogP contribution in [0, 0.1) is 5.92 Å². The van der Waals surface area contributed by atoms with Crippen LogP contribution in [0.5, 0.6) is 23.0 Å². The van der Waals surface area contributed by atoms with Crippen LogP contribution in [0.4, 0.5) is 0 Å². The largest absolute Gasteiger partial charge is 0.493 e. The first-order valence-electron chi connectivity index (χ1n) is 11.7. The van der Waals surface area contributed by atoms with Crippen molar-refractivity contribution in [2.45, 2.75) is 19.3 Å². The Balaban J connectivity index is 0.000000195. The molecule has 1 atom stereocenters. The molecule has 0 saturated heterocycles. The minimum absolute atomic E-state index is 0.156. The Morgan fingerprint density at radius 3 is 1.81 bits per heavy atom. The van der Waals surface area contributed by atoms with Gasteiger partial charge in [-0.05, 0) is 60.4 Å². The summed E-state index contributed by atoms with van der Waals surface area (Å²) in [5.41, 5.74) is 3.75. The average molecular weight is 567 g/mol. The molecular weight excluding hydrogens is 540 g/mol. The van der Waals surface area contributed by atoms with Crippen molar-refractivity contribution in [1.29, 1.82) is 0 Å². The molecule has 0 aromatic heterocycles. The monoisotopic (exact) mass is 566 g/mol. The first-order valence-corrected chi connectivity index (χ1v) is 12.5. The number of rotatable bonds is 6. The van der Waals surface area contributed by atoms with Crippen LogP contribution in [0.3, 0.4) is 0 Å². The van der Waals surface area contributed by atoms with E-state index in [1.807, 2.05) is 6.07 Å². The average Bonchev–Trinajstić information content (AvgIpc) is 3.45. The maximum absolute atomic E-state index is 12.6. The van der Waals surface area contributed by atoms with Gasteiger partial charge >= 0.3 is 0 Å². The number of ether oxygens (including phenoxy) is 4. The highest BCUT2D eigenvalue weighted by atomic mass is 79.9. The normalized spacial score (nSPS) is 15.3. The molecule has 0 aliphatic heterocycles. The second kappa shape index (κ2) is 11.2. The van der Waals surface area contributed by atoms with E-state index in [1.165, 1.54) is 7.11 Å². The molecule has 0 N–H and O–H groups in total. The molecule has 0 amide bonds. The predicted molar refractivity (Wildman–Crippen MR) is 142 cm³/mol. The standard InChI is InChI=1S/C18H15BrO4.C11H12O3/c1-22-15-8-11-7-14(18(21)13(11)9-16(15)23-2)17(20)10-3-5-12(19)6-4-10;1-13-10-5-7-3-4-9(12)8(7)6-11(10)14-2/h3-6,8-9,14H,7H2,1-2H3;5-6H,3-4H2,1-2H3. The molecule has 0 fully saturated rings. The third-order valence-corrected chi connectivity index (χ3v) is 7.12. The number of benzene rings is 3. The summed E-state index contributed by atoms with van der Waals surface area (Å²) in [7, 11) is 6.24. The van der Waals surface area contributed by atoms with Crippen molar-refractivity contribution in [2.75, 3.05) is 28.4 Å². The summed E-state index contributed by atoms with van der Waals surface area (Å²) in [5.74, 6) is 1.59. The van der Waals surface area contributed by atoms with Gasteiger partial charge in [-0.3, -0.25) is 14.4 Å². The Hall–Kier alpha value is -3.65. The van der Waals surface area contributed by atoms with Crippen LogP contribution in [0.15, 0.2) is 53.0 Å². The zero-order valence-corrected chi connectivity index (χ0v) is 22.6. The van der Waals surface area contributed by atoms with Gasteiger partial charge in [0.2, 0.25) is 0 Å². The van der Waals surface area contributed by atoms with E-state index in [2.05, 4.69) is 15.9 Å². The zero-order chi connectivity index (χ0) is 26.7. The van der Waals surface area contributed by atoms with Crippen molar-refractivity contribution in [1.82, 2.24) is 0 Å². The summed E-state index contributed by atoms with van der Waals surface area (Å²) in [4.78, 5) is 36.7. The van der Waals surface area contributed by atoms with Gasteiger partial charge < -0.3 is 18.9 Å². The van der Waals surface area contributed by atoms with Gasteiger partial charge in [0, 0.05) is 27.6 Å². The zero-order valence-electron chi connectivity index (χ0n) is 21.1. The molecule has 0 radical (unpaired) electrons. The lowest BCUT2D eigenvalue weighted by Gasteiger charge is -2.09. The smallest absolute Gasteiger partial charge is 0.174 e. The lowest BCUT2D eigenvalue weighted by Crippen LogP contribution is -2.20. The number of Topliss-reactive ketones (excluding diaryl/α,β-unsaturated/α-hetero) is 3. The fourth-order valence-corrected chi connectivity index (χ4v) is 4.88. The van der Waals surface area contributed by atoms with E-state index in [0.29, 0.717) is 47.0 Å². The van der Waals surface area contributed by atoms with Crippen LogP contribution in [0.1, 0.15) is 48.6 Å². The number of hydrogen-bond donors (Lipinski definition) is 0. The number of halogens is 1. The van der Waals surface area contributed by atoms with E-state index < -0.39 is 5.92 Å². The summed E-state index contributed by atoms with van der Waals surface area (Å²) in [6, 6.07) is 14.1. The van der Waals surface area contributed by atoms with Gasteiger partial charge in [0.05, 0.1) is 34.4 Å². The van der Waals surface area contributed by atoms with Crippen LogP contribution >= 0.6 is 15.9 Å². The van der Waals surface area contributed by atoms with Crippen LogP contribution in [-0.4, -0.2) is 45.8 Å². The van der Waals surface area contributed by atoms with Gasteiger partial charge in [-0.25, -0.2) is 0 Å². The molecule has 1 unspecified atom stereocenters. The SMILES string of the molecule is COc1cc2c(cc1OC)C(=O)C(C(=O)c1ccc(Br)cc1)C2.COc1cc2c(cc1OC)C(=O)CC2. The molecule has 37 heavy (non-hydrogen) atoms. The van der Waals surface area contributed by atoms with Gasteiger partial charge in [-0.1, -0.05) is 28.1 Å². The van der Waals surface area contributed by atoms with Crippen LogP contribution in [0.25, 0.3) is 0 Å². The number of aryl methyl sites for hydroxylation is 1. The molecule has 3 aromatic carbocycles. The minimum Gasteiger partial charge on any atom is -0.493 e. The number of carbonyl (C=O) groups excluding carboxylic acids is 3. The van der Waals surface area contributed by atoms with Gasteiger partial charge in [0.1, 0.15) is 0 Å². The minimum atomic E-state index is -0.678. The first kappa shape index (κ1) is 26.4. The maximum atomic E-state index is 12.6. The summed E-state index contributed by atoms with van der Waals surface area (Å²) in [6.45, 7) is 0. The number of carbonyl (C=O) groups is 3.